The van der Waals surface area contributed by atoms with Gasteiger partial charge in [0.25, 0.3) is 5.91 Å². The van der Waals surface area contributed by atoms with E-state index in [9.17, 15) is 9.59 Å². The van der Waals surface area contributed by atoms with Gasteiger partial charge in [-0.3, -0.25) is 4.79 Å². The highest BCUT2D eigenvalue weighted by molar-refractivity contribution is 7.14. The fourth-order valence-electron chi connectivity index (χ4n) is 3.09. The van der Waals surface area contributed by atoms with Crippen molar-refractivity contribution in [3.63, 3.8) is 0 Å². The van der Waals surface area contributed by atoms with E-state index in [-0.39, 0.29) is 5.91 Å². The third-order valence-corrected chi connectivity index (χ3v) is 5.74. The lowest BCUT2D eigenvalue weighted by atomic mass is 9.90. The summed E-state index contributed by atoms with van der Waals surface area (Å²) in [4.78, 5) is 28.5. The number of hydrogen-bond acceptors (Lipinski definition) is 4. The van der Waals surface area contributed by atoms with E-state index < -0.39 is 12.1 Å². The maximum atomic E-state index is 12.7. The van der Waals surface area contributed by atoms with E-state index in [1.165, 1.54) is 26.7 Å². The Bertz CT molecular complexity index is 767. The Morgan fingerprint density at radius 2 is 1.96 bits per heavy atom. The lowest BCUT2D eigenvalue weighted by molar-refractivity contribution is -0.138. The first-order valence-electron chi connectivity index (χ1n) is 8.54. The van der Waals surface area contributed by atoms with Crippen LogP contribution in [0.15, 0.2) is 36.4 Å². The van der Waals surface area contributed by atoms with E-state index in [1.807, 2.05) is 24.3 Å². The Morgan fingerprint density at radius 1 is 1.24 bits per heavy atom. The van der Waals surface area contributed by atoms with Crippen LogP contribution in [-0.4, -0.2) is 30.9 Å². The molecule has 3 rings (SSSR count). The van der Waals surface area contributed by atoms with Gasteiger partial charge in [0.05, 0.1) is 0 Å². The molecule has 0 saturated heterocycles. The number of nitrogens with zero attached hydrogens (tertiary/aromatic N) is 1. The summed E-state index contributed by atoms with van der Waals surface area (Å²) in [5.41, 5.74) is 1.94. The minimum absolute atomic E-state index is 0.241. The zero-order chi connectivity index (χ0) is 18.0. The Morgan fingerprint density at radius 3 is 2.64 bits per heavy atom. The number of likely N-dealkylation sites (N-methyl/N-ethyl adjacent to an activating group) is 1. The fraction of sp³-hybridized carbons (Fsp3) is 0.400. The molecule has 1 aromatic heterocycles. The highest BCUT2D eigenvalue weighted by Crippen LogP contribution is 2.33. The van der Waals surface area contributed by atoms with Gasteiger partial charge < -0.3 is 9.64 Å². The van der Waals surface area contributed by atoms with Gasteiger partial charge in [0.2, 0.25) is 6.10 Å². The molecule has 2 aromatic rings. The van der Waals surface area contributed by atoms with Gasteiger partial charge in [0, 0.05) is 24.5 Å². The predicted molar refractivity (Wildman–Crippen MR) is 98.8 cm³/mol. The number of carbonyl (C=O) groups is 2. The van der Waals surface area contributed by atoms with Crippen molar-refractivity contribution in [1.29, 1.82) is 0 Å². The van der Waals surface area contributed by atoms with Crippen LogP contribution < -0.4 is 0 Å². The molecule has 0 N–H and O–H groups in total. The SMILES string of the molecule is C[C@H]1CCc2sc(C(=O)O[C@H](C(=O)N(C)C)c3ccccc3)cc2C1. The minimum atomic E-state index is -0.915. The van der Waals surface area contributed by atoms with Gasteiger partial charge in [0.15, 0.2) is 0 Å². The number of thiophene rings is 1. The molecule has 1 heterocycles. The van der Waals surface area contributed by atoms with E-state index >= 15 is 0 Å². The van der Waals surface area contributed by atoms with E-state index in [4.69, 9.17) is 4.74 Å². The summed E-state index contributed by atoms with van der Waals surface area (Å²) in [6, 6.07) is 11.1. The van der Waals surface area contributed by atoms with Crippen LogP contribution in [0.1, 0.15) is 45.1 Å². The summed E-state index contributed by atoms with van der Waals surface area (Å²) in [5, 5.41) is 0. The third kappa shape index (κ3) is 3.93. The zero-order valence-corrected chi connectivity index (χ0v) is 15.6. The lowest BCUT2D eigenvalue weighted by Crippen LogP contribution is -2.31. The van der Waals surface area contributed by atoms with Crippen molar-refractivity contribution in [2.75, 3.05) is 14.1 Å². The molecule has 2 atom stereocenters. The second-order valence-electron chi connectivity index (χ2n) is 6.84. The lowest BCUT2D eigenvalue weighted by Gasteiger charge is -2.20. The number of esters is 1. The molecule has 132 valence electrons. The Hall–Kier alpha value is -2.14. The molecule has 0 unspecified atom stereocenters. The van der Waals surface area contributed by atoms with Crippen LogP contribution in [0.3, 0.4) is 0 Å². The predicted octanol–water partition coefficient (Wildman–Crippen LogP) is 3.86. The van der Waals surface area contributed by atoms with Crippen LogP contribution >= 0.6 is 11.3 Å². The smallest absolute Gasteiger partial charge is 0.349 e. The van der Waals surface area contributed by atoms with E-state index in [0.717, 1.165) is 19.3 Å². The number of amides is 1. The molecule has 0 bridgehead atoms. The second-order valence-corrected chi connectivity index (χ2v) is 7.97. The average Bonchev–Trinajstić information content (AvgIpc) is 3.02. The Kier molecular flexibility index (Phi) is 5.23. The van der Waals surface area contributed by atoms with Crippen molar-refractivity contribution in [1.82, 2.24) is 4.90 Å². The molecule has 1 aliphatic carbocycles. The molecule has 25 heavy (non-hydrogen) atoms. The third-order valence-electron chi connectivity index (χ3n) is 4.52. The van der Waals surface area contributed by atoms with Gasteiger partial charge in [0.1, 0.15) is 4.88 Å². The first-order valence-corrected chi connectivity index (χ1v) is 9.36. The first kappa shape index (κ1) is 17.7. The second kappa shape index (κ2) is 7.40. The fourth-order valence-corrected chi connectivity index (χ4v) is 4.19. The highest BCUT2D eigenvalue weighted by atomic mass is 32.1. The summed E-state index contributed by atoms with van der Waals surface area (Å²) in [6.45, 7) is 2.24. The van der Waals surface area contributed by atoms with Crippen molar-refractivity contribution in [2.24, 2.45) is 5.92 Å². The molecule has 0 radical (unpaired) electrons. The molecule has 0 saturated carbocycles. The summed E-state index contributed by atoms with van der Waals surface area (Å²) < 4.78 is 5.63. The number of hydrogen-bond donors (Lipinski definition) is 0. The van der Waals surface area contributed by atoms with Gasteiger partial charge in [-0.05, 0) is 36.8 Å². The molecule has 1 aliphatic rings. The quantitative estimate of drug-likeness (QED) is 0.781. The van der Waals surface area contributed by atoms with Gasteiger partial charge in [-0.15, -0.1) is 11.3 Å². The molecule has 0 spiro atoms. The molecule has 4 nitrogen and oxygen atoms in total. The van der Waals surface area contributed by atoms with Crippen molar-refractivity contribution >= 4 is 23.2 Å². The number of benzene rings is 1. The average molecular weight is 357 g/mol. The van der Waals surface area contributed by atoms with Gasteiger partial charge >= 0.3 is 5.97 Å². The zero-order valence-electron chi connectivity index (χ0n) is 14.8. The molecular weight excluding hydrogens is 334 g/mol. The van der Waals surface area contributed by atoms with Crippen molar-refractivity contribution < 1.29 is 14.3 Å². The largest absolute Gasteiger partial charge is 0.443 e. The molecule has 0 aliphatic heterocycles. The van der Waals surface area contributed by atoms with Crippen molar-refractivity contribution in [2.45, 2.75) is 32.3 Å². The van der Waals surface area contributed by atoms with E-state index in [2.05, 4.69) is 6.92 Å². The molecular formula is C20H23NO3S. The Balaban J connectivity index is 1.82. The summed E-state index contributed by atoms with van der Waals surface area (Å²) in [7, 11) is 3.33. The molecule has 5 heteroatoms. The monoisotopic (exact) mass is 357 g/mol. The number of ether oxygens (including phenoxy) is 1. The van der Waals surface area contributed by atoms with Crippen LogP contribution in [0.2, 0.25) is 0 Å². The molecule has 1 amide bonds. The number of rotatable bonds is 4. The van der Waals surface area contributed by atoms with Gasteiger partial charge in [-0.25, -0.2) is 4.79 Å². The minimum Gasteiger partial charge on any atom is -0.443 e. The first-order chi connectivity index (χ1) is 12.0. The van der Waals surface area contributed by atoms with Crippen molar-refractivity contribution in [3.8, 4) is 0 Å². The van der Waals surface area contributed by atoms with Crippen molar-refractivity contribution in [3.05, 3.63) is 57.3 Å². The number of fused-ring (bicyclic) bond motifs is 1. The van der Waals surface area contributed by atoms with Crippen LogP contribution in [-0.2, 0) is 22.4 Å². The maximum Gasteiger partial charge on any atom is 0.349 e. The van der Waals surface area contributed by atoms with Gasteiger partial charge in [-0.1, -0.05) is 37.3 Å². The highest BCUT2D eigenvalue weighted by Gasteiger charge is 2.28. The number of aryl methyl sites for hydroxylation is 1. The number of carbonyl (C=O) groups excluding carboxylic acids is 2. The molecule has 1 aromatic carbocycles. The normalized spacial score (nSPS) is 17.5. The summed E-state index contributed by atoms with van der Waals surface area (Å²) in [6.07, 6.45) is 2.28. The Labute approximate surface area is 152 Å². The van der Waals surface area contributed by atoms with Gasteiger partial charge in [-0.2, -0.15) is 0 Å². The van der Waals surface area contributed by atoms with Crippen LogP contribution in [0.25, 0.3) is 0 Å². The standard InChI is InChI=1S/C20H23NO3S/c1-13-9-10-16-15(11-13)12-17(25-16)20(23)24-18(19(22)21(2)3)14-7-5-4-6-8-14/h4-8,12-13,18H,9-11H2,1-3H3/t13-,18-/m0/s1. The maximum absolute atomic E-state index is 12.7. The summed E-state index contributed by atoms with van der Waals surface area (Å²) in [5.74, 6) is -0.0102. The van der Waals surface area contributed by atoms with E-state index in [1.54, 1.807) is 26.2 Å². The van der Waals surface area contributed by atoms with E-state index in [0.29, 0.717) is 16.4 Å². The molecule has 0 fully saturated rings. The van der Waals surface area contributed by atoms with Crippen LogP contribution in [0.4, 0.5) is 0 Å². The van der Waals surface area contributed by atoms with Crippen LogP contribution in [0.5, 0.6) is 0 Å². The summed E-state index contributed by atoms with van der Waals surface area (Å²) >= 11 is 1.50. The van der Waals surface area contributed by atoms with Crippen LogP contribution in [0, 0.1) is 5.92 Å². The topological polar surface area (TPSA) is 46.6 Å².